The summed E-state index contributed by atoms with van der Waals surface area (Å²) in [6.45, 7) is 3.50. The van der Waals surface area contributed by atoms with Crippen LogP contribution in [0.1, 0.15) is 18.4 Å². The average molecular weight is 209 g/mol. The SMILES string of the molecule is Cc1cc(OC[C@H]2CCCN2)ccc1F. The van der Waals surface area contributed by atoms with Crippen molar-refractivity contribution < 1.29 is 9.13 Å². The van der Waals surface area contributed by atoms with Gasteiger partial charge in [-0.15, -0.1) is 0 Å². The summed E-state index contributed by atoms with van der Waals surface area (Å²) >= 11 is 0. The first kappa shape index (κ1) is 10.4. The molecule has 0 spiro atoms. The van der Waals surface area contributed by atoms with E-state index in [2.05, 4.69) is 5.32 Å². The number of benzene rings is 1. The molecule has 2 rings (SSSR count). The van der Waals surface area contributed by atoms with Gasteiger partial charge in [0.2, 0.25) is 0 Å². The summed E-state index contributed by atoms with van der Waals surface area (Å²) < 4.78 is 18.6. The van der Waals surface area contributed by atoms with Gasteiger partial charge < -0.3 is 10.1 Å². The number of hydrogen-bond acceptors (Lipinski definition) is 2. The van der Waals surface area contributed by atoms with Crippen LogP contribution in [0.3, 0.4) is 0 Å². The minimum Gasteiger partial charge on any atom is -0.492 e. The van der Waals surface area contributed by atoms with E-state index in [4.69, 9.17) is 4.74 Å². The number of nitrogens with one attached hydrogen (secondary N) is 1. The van der Waals surface area contributed by atoms with Crippen LogP contribution in [0.2, 0.25) is 0 Å². The fraction of sp³-hybridized carbons (Fsp3) is 0.500. The van der Waals surface area contributed by atoms with E-state index in [0.29, 0.717) is 18.2 Å². The molecule has 0 saturated carbocycles. The lowest BCUT2D eigenvalue weighted by Crippen LogP contribution is -2.28. The van der Waals surface area contributed by atoms with E-state index in [1.165, 1.54) is 18.9 Å². The third-order valence-corrected chi connectivity index (χ3v) is 2.74. The van der Waals surface area contributed by atoms with Crippen LogP contribution < -0.4 is 10.1 Å². The Morgan fingerprint density at radius 1 is 1.53 bits per heavy atom. The van der Waals surface area contributed by atoms with E-state index in [-0.39, 0.29) is 5.82 Å². The molecular formula is C12H16FNO. The van der Waals surface area contributed by atoms with Gasteiger partial charge in [-0.05, 0) is 50.1 Å². The molecular weight excluding hydrogens is 193 g/mol. The molecule has 2 nitrogen and oxygen atoms in total. The minimum atomic E-state index is -0.179. The van der Waals surface area contributed by atoms with Gasteiger partial charge in [0.05, 0.1) is 0 Å². The summed E-state index contributed by atoms with van der Waals surface area (Å²) in [5, 5.41) is 3.35. The zero-order chi connectivity index (χ0) is 10.7. The molecule has 1 saturated heterocycles. The maximum Gasteiger partial charge on any atom is 0.126 e. The van der Waals surface area contributed by atoms with Gasteiger partial charge in [-0.3, -0.25) is 0 Å². The maximum atomic E-state index is 13.0. The number of halogens is 1. The van der Waals surface area contributed by atoms with Gasteiger partial charge in [0.25, 0.3) is 0 Å². The summed E-state index contributed by atoms with van der Waals surface area (Å²) in [7, 11) is 0. The van der Waals surface area contributed by atoms with Crippen molar-refractivity contribution in [2.75, 3.05) is 13.2 Å². The van der Waals surface area contributed by atoms with Gasteiger partial charge in [0, 0.05) is 6.04 Å². The fourth-order valence-corrected chi connectivity index (χ4v) is 1.80. The van der Waals surface area contributed by atoms with Gasteiger partial charge in [0.15, 0.2) is 0 Å². The lowest BCUT2D eigenvalue weighted by molar-refractivity contribution is 0.276. The predicted molar refractivity (Wildman–Crippen MR) is 57.7 cm³/mol. The molecule has 15 heavy (non-hydrogen) atoms. The third kappa shape index (κ3) is 2.69. The fourth-order valence-electron chi connectivity index (χ4n) is 1.80. The molecule has 1 aliphatic heterocycles. The van der Waals surface area contributed by atoms with Gasteiger partial charge in [-0.25, -0.2) is 4.39 Å². The predicted octanol–water partition coefficient (Wildman–Crippen LogP) is 2.26. The molecule has 1 atom stereocenters. The molecule has 1 heterocycles. The average Bonchev–Trinajstić information content (AvgIpc) is 2.73. The van der Waals surface area contributed by atoms with Crippen LogP contribution in [0.25, 0.3) is 0 Å². The largest absolute Gasteiger partial charge is 0.492 e. The van der Waals surface area contributed by atoms with Crippen LogP contribution in [-0.2, 0) is 0 Å². The lowest BCUT2D eigenvalue weighted by atomic mass is 10.2. The Kier molecular flexibility index (Phi) is 3.21. The zero-order valence-electron chi connectivity index (χ0n) is 8.92. The first-order valence-corrected chi connectivity index (χ1v) is 5.38. The summed E-state index contributed by atoms with van der Waals surface area (Å²) in [6.07, 6.45) is 2.39. The summed E-state index contributed by atoms with van der Waals surface area (Å²) in [4.78, 5) is 0. The van der Waals surface area contributed by atoms with E-state index >= 15 is 0 Å². The van der Waals surface area contributed by atoms with Gasteiger partial charge in [-0.1, -0.05) is 0 Å². The second-order valence-electron chi connectivity index (χ2n) is 4.02. The van der Waals surface area contributed by atoms with Crippen molar-refractivity contribution in [3.63, 3.8) is 0 Å². The van der Waals surface area contributed by atoms with Gasteiger partial charge >= 0.3 is 0 Å². The van der Waals surface area contributed by atoms with Crippen molar-refractivity contribution in [1.82, 2.24) is 5.32 Å². The standard InChI is InChI=1S/C12H16FNO/c1-9-7-11(4-5-12(9)13)15-8-10-3-2-6-14-10/h4-5,7,10,14H,2-3,6,8H2,1H3/t10-/m1/s1. The van der Waals surface area contributed by atoms with E-state index < -0.39 is 0 Å². The first-order chi connectivity index (χ1) is 7.25. The molecule has 1 fully saturated rings. The first-order valence-electron chi connectivity index (χ1n) is 5.38. The molecule has 0 aliphatic carbocycles. The van der Waals surface area contributed by atoms with Crippen molar-refractivity contribution in [3.05, 3.63) is 29.6 Å². The Morgan fingerprint density at radius 3 is 3.07 bits per heavy atom. The molecule has 1 aromatic carbocycles. The Balaban J connectivity index is 1.90. The number of aryl methyl sites for hydroxylation is 1. The minimum absolute atomic E-state index is 0.179. The Morgan fingerprint density at radius 2 is 2.40 bits per heavy atom. The highest BCUT2D eigenvalue weighted by atomic mass is 19.1. The van der Waals surface area contributed by atoms with Crippen LogP contribution in [0.4, 0.5) is 4.39 Å². The Bertz CT molecular complexity index is 334. The normalized spacial score (nSPS) is 20.5. The molecule has 0 bridgehead atoms. The summed E-state index contributed by atoms with van der Waals surface area (Å²) in [5.41, 5.74) is 0.631. The van der Waals surface area contributed by atoms with E-state index in [1.54, 1.807) is 19.1 Å². The molecule has 0 amide bonds. The molecule has 0 aromatic heterocycles. The summed E-state index contributed by atoms with van der Waals surface area (Å²) in [6, 6.07) is 5.32. The molecule has 1 aromatic rings. The molecule has 3 heteroatoms. The second kappa shape index (κ2) is 4.62. The van der Waals surface area contributed by atoms with Crippen LogP contribution in [0.5, 0.6) is 5.75 Å². The van der Waals surface area contributed by atoms with Crippen LogP contribution in [0, 0.1) is 12.7 Å². The smallest absolute Gasteiger partial charge is 0.126 e. The quantitative estimate of drug-likeness (QED) is 0.824. The second-order valence-corrected chi connectivity index (χ2v) is 4.02. The molecule has 0 unspecified atom stereocenters. The molecule has 0 radical (unpaired) electrons. The highest BCUT2D eigenvalue weighted by Gasteiger charge is 2.14. The zero-order valence-corrected chi connectivity index (χ0v) is 8.92. The monoisotopic (exact) mass is 209 g/mol. The van der Waals surface area contributed by atoms with Crippen LogP contribution in [0.15, 0.2) is 18.2 Å². The van der Waals surface area contributed by atoms with Crippen molar-refractivity contribution in [1.29, 1.82) is 0 Å². The van der Waals surface area contributed by atoms with E-state index in [1.807, 2.05) is 0 Å². The summed E-state index contributed by atoms with van der Waals surface area (Å²) in [5.74, 6) is 0.573. The molecule has 1 N–H and O–H groups in total. The topological polar surface area (TPSA) is 21.3 Å². The maximum absolute atomic E-state index is 13.0. The van der Waals surface area contributed by atoms with Crippen molar-refractivity contribution in [2.24, 2.45) is 0 Å². The lowest BCUT2D eigenvalue weighted by Gasteiger charge is -2.12. The van der Waals surface area contributed by atoms with Gasteiger partial charge in [0.1, 0.15) is 18.2 Å². The van der Waals surface area contributed by atoms with Gasteiger partial charge in [-0.2, -0.15) is 0 Å². The van der Waals surface area contributed by atoms with Crippen LogP contribution in [-0.4, -0.2) is 19.2 Å². The third-order valence-electron chi connectivity index (χ3n) is 2.74. The highest BCUT2D eigenvalue weighted by molar-refractivity contribution is 5.28. The van der Waals surface area contributed by atoms with Crippen molar-refractivity contribution in [3.8, 4) is 5.75 Å². The van der Waals surface area contributed by atoms with Crippen LogP contribution >= 0.6 is 0 Å². The molecule has 1 aliphatic rings. The molecule has 82 valence electrons. The van der Waals surface area contributed by atoms with Crippen molar-refractivity contribution in [2.45, 2.75) is 25.8 Å². The highest BCUT2D eigenvalue weighted by Crippen LogP contribution is 2.17. The van der Waals surface area contributed by atoms with E-state index in [0.717, 1.165) is 12.3 Å². The Hall–Kier alpha value is -1.09. The van der Waals surface area contributed by atoms with E-state index in [9.17, 15) is 4.39 Å². The van der Waals surface area contributed by atoms with Crippen molar-refractivity contribution >= 4 is 0 Å². The number of rotatable bonds is 3. The number of ether oxygens (including phenoxy) is 1. The Labute approximate surface area is 89.4 Å². The number of hydrogen-bond donors (Lipinski definition) is 1.